The van der Waals surface area contributed by atoms with Crippen molar-refractivity contribution in [3.8, 4) is 11.4 Å². The Morgan fingerprint density at radius 2 is 1.85 bits per heavy atom. The summed E-state index contributed by atoms with van der Waals surface area (Å²) in [5.74, 6) is -0.974. The molecule has 0 unspecified atom stereocenters. The Balaban J connectivity index is 1.31. The van der Waals surface area contributed by atoms with Gasteiger partial charge in [-0.05, 0) is 48.5 Å². The first-order chi connectivity index (χ1) is 19.2. The van der Waals surface area contributed by atoms with Crippen LogP contribution in [0.5, 0.6) is 0 Å². The molecule has 3 aromatic carbocycles. The summed E-state index contributed by atoms with van der Waals surface area (Å²) in [4.78, 5) is 31.6. The van der Waals surface area contributed by atoms with E-state index in [0.29, 0.717) is 43.5 Å². The van der Waals surface area contributed by atoms with Crippen molar-refractivity contribution < 1.29 is 17.7 Å². The van der Waals surface area contributed by atoms with Crippen molar-refractivity contribution in [2.45, 2.75) is 4.90 Å². The third-order valence-corrected chi connectivity index (χ3v) is 8.25. The van der Waals surface area contributed by atoms with Crippen molar-refractivity contribution in [3.63, 3.8) is 0 Å². The fourth-order valence-corrected chi connectivity index (χ4v) is 6.06. The number of nitrogens with one attached hydrogen (secondary N) is 3. The number of anilines is 2. The molecule has 0 saturated carbocycles. The van der Waals surface area contributed by atoms with Crippen molar-refractivity contribution in [1.82, 2.24) is 19.7 Å². The van der Waals surface area contributed by atoms with Gasteiger partial charge in [-0.1, -0.05) is 45.4 Å². The first-order valence-electron chi connectivity index (χ1n) is 11.8. The number of nitrogens with zero attached hydrogens (tertiary/aromatic N) is 3. The van der Waals surface area contributed by atoms with E-state index in [1.807, 2.05) is 0 Å². The third kappa shape index (κ3) is 4.65. The predicted molar refractivity (Wildman–Crippen MR) is 154 cm³/mol. The lowest BCUT2D eigenvalue weighted by atomic mass is 10.1. The highest BCUT2D eigenvalue weighted by atomic mass is 79.9. The van der Waals surface area contributed by atoms with Crippen LogP contribution in [0, 0.1) is 0 Å². The Morgan fingerprint density at radius 1 is 1.02 bits per heavy atom. The molecular weight excluding hydrogens is 600 g/mol. The van der Waals surface area contributed by atoms with Crippen molar-refractivity contribution in [2.75, 3.05) is 10.0 Å². The van der Waals surface area contributed by atoms with Gasteiger partial charge in [0, 0.05) is 34.1 Å². The van der Waals surface area contributed by atoms with Gasteiger partial charge >= 0.3 is 5.76 Å². The van der Waals surface area contributed by atoms with Gasteiger partial charge in [-0.3, -0.25) is 24.0 Å². The van der Waals surface area contributed by atoms with Gasteiger partial charge in [0.15, 0.2) is 5.82 Å². The maximum Gasteiger partial charge on any atom is 0.439 e. The monoisotopic (exact) mass is 618 g/mol. The number of para-hydroxylation sites is 1. The number of aromatic amines is 1. The average molecular weight is 619 g/mol. The zero-order valence-corrected chi connectivity index (χ0v) is 23.1. The summed E-state index contributed by atoms with van der Waals surface area (Å²) < 4.78 is 36.2. The van der Waals surface area contributed by atoms with E-state index in [4.69, 9.17) is 0 Å². The fourth-order valence-electron chi connectivity index (χ4n) is 4.47. The number of hydrogen-bond acceptors (Lipinski definition) is 7. The van der Waals surface area contributed by atoms with Gasteiger partial charge < -0.3 is 9.88 Å². The Labute approximate surface area is 235 Å². The van der Waals surface area contributed by atoms with Gasteiger partial charge in [-0.25, -0.2) is 13.2 Å². The maximum absolute atomic E-state index is 13.3. The number of halogens is 1. The normalized spacial score (nSPS) is 11.7. The zero-order valence-electron chi connectivity index (χ0n) is 20.7. The summed E-state index contributed by atoms with van der Waals surface area (Å²) in [7, 11) is -2.24. The predicted octanol–water partition coefficient (Wildman–Crippen LogP) is 4.89. The maximum atomic E-state index is 13.3. The highest BCUT2D eigenvalue weighted by Crippen LogP contribution is 2.30. The van der Waals surface area contributed by atoms with Gasteiger partial charge in [0.1, 0.15) is 10.6 Å². The molecule has 6 aromatic rings. The van der Waals surface area contributed by atoms with Crippen molar-refractivity contribution >= 4 is 65.0 Å². The summed E-state index contributed by atoms with van der Waals surface area (Å²) >= 11 is 3.38. The molecule has 11 nitrogen and oxygen atoms in total. The molecule has 0 spiro atoms. The highest BCUT2D eigenvalue weighted by molar-refractivity contribution is 9.10. The molecule has 0 fully saturated rings. The molecule has 40 heavy (non-hydrogen) atoms. The highest BCUT2D eigenvalue weighted by Gasteiger charge is 2.21. The number of carbonyl (C=O) groups excluding carboxylic acids is 1. The molecule has 0 aliphatic heterocycles. The van der Waals surface area contributed by atoms with Crippen LogP contribution in [0.25, 0.3) is 33.2 Å². The number of hydrogen-bond donors (Lipinski definition) is 3. The number of benzene rings is 3. The van der Waals surface area contributed by atoms with Crippen molar-refractivity contribution in [1.29, 1.82) is 0 Å². The minimum absolute atomic E-state index is 0.0661. The molecule has 0 radical (unpaired) electrons. The molecule has 200 valence electrons. The number of sulfonamides is 1. The van der Waals surface area contributed by atoms with Gasteiger partial charge in [-0.15, -0.1) is 0 Å². The number of aromatic nitrogens is 4. The van der Waals surface area contributed by atoms with E-state index in [-0.39, 0.29) is 10.7 Å². The van der Waals surface area contributed by atoms with Crippen LogP contribution >= 0.6 is 15.9 Å². The van der Waals surface area contributed by atoms with E-state index in [2.05, 4.69) is 45.6 Å². The number of aryl methyl sites for hydroxylation is 1. The SMILES string of the molecule is Cn1c(C(=O)Nc2ccc(Br)cc2-c2noc(=O)[nH]2)cc2ccc(NS(=O)(=O)c3cccc4cccnc34)cc21. The second-order valence-electron chi connectivity index (χ2n) is 8.89. The lowest BCUT2D eigenvalue weighted by Crippen LogP contribution is -2.16. The summed E-state index contributed by atoms with van der Waals surface area (Å²) in [5.41, 5.74) is 2.53. The van der Waals surface area contributed by atoms with Gasteiger partial charge in [0.2, 0.25) is 0 Å². The number of rotatable bonds is 6. The zero-order chi connectivity index (χ0) is 28.0. The minimum atomic E-state index is -3.95. The molecule has 3 aromatic heterocycles. The molecule has 3 N–H and O–H groups in total. The largest absolute Gasteiger partial charge is 0.439 e. The van der Waals surface area contributed by atoms with Crippen molar-refractivity contribution in [3.05, 3.63) is 99.7 Å². The summed E-state index contributed by atoms with van der Waals surface area (Å²) in [6.07, 6.45) is 1.55. The fraction of sp³-hybridized carbons (Fsp3) is 0.0370. The van der Waals surface area contributed by atoms with Gasteiger partial charge in [0.05, 0.1) is 22.4 Å². The Bertz CT molecular complexity index is 2110. The van der Waals surface area contributed by atoms with Crippen molar-refractivity contribution in [2.24, 2.45) is 7.05 Å². The van der Waals surface area contributed by atoms with Crippen LogP contribution in [0.15, 0.2) is 97.7 Å². The first-order valence-corrected chi connectivity index (χ1v) is 14.1. The van der Waals surface area contributed by atoms with E-state index < -0.39 is 21.7 Å². The number of pyridine rings is 1. The Morgan fingerprint density at radius 3 is 2.65 bits per heavy atom. The Hall–Kier alpha value is -4.75. The van der Waals surface area contributed by atoms with E-state index in [9.17, 15) is 18.0 Å². The standard InChI is InChI=1S/C27H19BrN6O5S/c1-34-21-14-18(33-40(37,38)23-6-2-4-15-5-3-11-29-24(15)23)9-7-16(21)12-22(34)26(35)30-20-10-8-17(28)13-19(20)25-31-27(36)39-32-25/h2-14,33H,1H3,(H,30,35)(H,31,32,36). The van der Waals surface area contributed by atoms with E-state index in [0.717, 1.165) is 5.39 Å². The number of H-pyrrole nitrogens is 1. The lowest BCUT2D eigenvalue weighted by Gasteiger charge is -2.11. The van der Waals surface area contributed by atoms with E-state index >= 15 is 0 Å². The van der Waals surface area contributed by atoms with Gasteiger partial charge in [0.25, 0.3) is 15.9 Å². The van der Waals surface area contributed by atoms with Crippen LogP contribution in [-0.4, -0.2) is 34.0 Å². The summed E-state index contributed by atoms with van der Waals surface area (Å²) in [5, 5.41) is 8.02. The van der Waals surface area contributed by atoms with Crippen LogP contribution in [0.1, 0.15) is 10.5 Å². The van der Waals surface area contributed by atoms with Crippen LogP contribution in [-0.2, 0) is 17.1 Å². The number of fused-ring (bicyclic) bond motifs is 2. The van der Waals surface area contributed by atoms with Crippen LogP contribution < -0.4 is 15.8 Å². The third-order valence-electron chi connectivity index (χ3n) is 6.34. The lowest BCUT2D eigenvalue weighted by molar-refractivity contribution is 0.101. The quantitative estimate of drug-likeness (QED) is 0.240. The molecule has 0 atom stereocenters. The Kier molecular flexibility index (Phi) is 6.24. The van der Waals surface area contributed by atoms with Crippen LogP contribution in [0.4, 0.5) is 11.4 Å². The van der Waals surface area contributed by atoms with E-state index in [1.54, 1.807) is 84.5 Å². The first kappa shape index (κ1) is 25.5. The molecule has 6 rings (SSSR count). The topological polar surface area (TPSA) is 152 Å². The molecule has 0 aliphatic rings. The smallest absolute Gasteiger partial charge is 0.340 e. The molecule has 0 saturated heterocycles. The molecule has 1 amide bonds. The number of amides is 1. The molecule has 3 heterocycles. The second kappa shape index (κ2) is 9.77. The van der Waals surface area contributed by atoms with Gasteiger partial charge in [-0.2, -0.15) is 0 Å². The summed E-state index contributed by atoms with van der Waals surface area (Å²) in [6, 6.07) is 20.3. The minimum Gasteiger partial charge on any atom is -0.340 e. The van der Waals surface area contributed by atoms with Crippen LogP contribution in [0.3, 0.4) is 0 Å². The van der Waals surface area contributed by atoms with Crippen LogP contribution in [0.2, 0.25) is 0 Å². The summed E-state index contributed by atoms with van der Waals surface area (Å²) in [6.45, 7) is 0. The van der Waals surface area contributed by atoms with E-state index in [1.165, 1.54) is 6.07 Å². The average Bonchev–Trinajstić information content (AvgIpc) is 3.52. The molecule has 0 bridgehead atoms. The molecule has 0 aliphatic carbocycles. The second-order valence-corrected chi connectivity index (χ2v) is 11.5. The molecule has 13 heteroatoms. The number of carbonyl (C=O) groups is 1. The molecular formula is C27H19BrN6O5S.